The van der Waals surface area contributed by atoms with Crippen molar-refractivity contribution in [1.82, 2.24) is 9.62 Å². The van der Waals surface area contributed by atoms with E-state index in [9.17, 15) is 27.2 Å². The van der Waals surface area contributed by atoms with Gasteiger partial charge in [-0.3, -0.25) is 10.1 Å². The first-order chi connectivity index (χ1) is 12.9. The highest BCUT2D eigenvalue weighted by molar-refractivity contribution is 7.89. The molecule has 0 radical (unpaired) electrons. The van der Waals surface area contributed by atoms with E-state index in [1.165, 1.54) is 13.8 Å². The number of carbonyl (C=O) groups is 3. The summed E-state index contributed by atoms with van der Waals surface area (Å²) in [5, 5.41) is 1.79. The van der Waals surface area contributed by atoms with Crippen LogP contribution in [0.1, 0.15) is 38.1 Å². The third-order valence-electron chi connectivity index (χ3n) is 3.85. The van der Waals surface area contributed by atoms with Crippen LogP contribution < -0.4 is 11.1 Å². The van der Waals surface area contributed by atoms with Crippen LogP contribution in [0, 0.1) is 11.7 Å². The summed E-state index contributed by atoms with van der Waals surface area (Å²) in [5.41, 5.74) is 4.23. The summed E-state index contributed by atoms with van der Waals surface area (Å²) in [4.78, 5) is 34.9. The number of urea groups is 1. The standard InChI is InChI=1S/C17H24FN3O6S/c1-5-21(6-2)28(25,26)11-7-8-13(18)12(9-11)16(23)27-14(10(3)4)15(22)20-17(19)24/h7-10,14H,5-6H2,1-4H3,(H3,19,20,22,24)/t14-/m1/s1. The maximum atomic E-state index is 14.2. The Hall–Kier alpha value is -2.53. The molecule has 156 valence electrons. The molecule has 0 fully saturated rings. The number of carbonyl (C=O) groups excluding carboxylic acids is 3. The van der Waals surface area contributed by atoms with Crippen LogP contribution in [0.25, 0.3) is 0 Å². The van der Waals surface area contributed by atoms with Crippen molar-refractivity contribution < 1.29 is 31.9 Å². The molecule has 1 atom stereocenters. The third kappa shape index (κ3) is 5.49. The Morgan fingerprint density at radius 1 is 1.21 bits per heavy atom. The second kappa shape index (κ2) is 9.60. The molecule has 1 aromatic rings. The fraction of sp³-hybridized carbons (Fsp3) is 0.471. The van der Waals surface area contributed by atoms with E-state index < -0.39 is 51.3 Å². The van der Waals surface area contributed by atoms with Gasteiger partial charge in [-0.2, -0.15) is 4.31 Å². The molecule has 0 unspecified atom stereocenters. The van der Waals surface area contributed by atoms with Crippen LogP contribution in [0.15, 0.2) is 23.1 Å². The summed E-state index contributed by atoms with van der Waals surface area (Å²) in [6, 6.07) is 1.60. The summed E-state index contributed by atoms with van der Waals surface area (Å²) in [5.74, 6) is -3.79. The summed E-state index contributed by atoms with van der Waals surface area (Å²) < 4.78 is 45.5. The minimum Gasteiger partial charge on any atom is -0.448 e. The molecule has 0 aliphatic carbocycles. The summed E-state index contributed by atoms with van der Waals surface area (Å²) in [7, 11) is -3.93. The summed E-state index contributed by atoms with van der Waals surface area (Å²) >= 11 is 0. The first-order valence-corrected chi connectivity index (χ1v) is 10.0. The number of imide groups is 1. The quantitative estimate of drug-likeness (QED) is 0.611. The van der Waals surface area contributed by atoms with Crippen molar-refractivity contribution in [2.75, 3.05) is 13.1 Å². The van der Waals surface area contributed by atoms with Gasteiger partial charge in [-0.1, -0.05) is 27.7 Å². The van der Waals surface area contributed by atoms with Gasteiger partial charge in [-0.25, -0.2) is 22.4 Å². The van der Waals surface area contributed by atoms with Gasteiger partial charge in [0.2, 0.25) is 10.0 Å². The lowest BCUT2D eigenvalue weighted by atomic mass is 10.1. The maximum absolute atomic E-state index is 14.2. The van der Waals surface area contributed by atoms with Crippen molar-refractivity contribution in [2.45, 2.75) is 38.7 Å². The number of nitrogens with zero attached hydrogens (tertiary/aromatic N) is 1. The van der Waals surface area contributed by atoms with Crippen LogP contribution in [0.5, 0.6) is 0 Å². The number of rotatable bonds is 8. The molecular weight excluding hydrogens is 393 g/mol. The van der Waals surface area contributed by atoms with Gasteiger partial charge >= 0.3 is 12.0 Å². The van der Waals surface area contributed by atoms with Gasteiger partial charge in [-0.15, -0.1) is 0 Å². The van der Waals surface area contributed by atoms with Crippen molar-refractivity contribution in [3.63, 3.8) is 0 Å². The Balaban J connectivity index is 3.24. The monoisotopic (exact) mass is 417 g/mol. The molecule has 28 heavy (non-hydrogen) atoms. The van der Waals surface area contributed by atoms with E-state index in [-0.39, 0.29) is 18.0 Å². The molecule has 0 bridgehead atoms. The van der Waals surface area contributed by atoms with Crippen LogP contribution >= 0.6 is 0 Å². The number of amides is 3. The van der Waals surface area contributed by atoms with E-state index in [1.807, 2.05) is 0 Å². The topological polar surface area (TPSA) is 136 Å². The molecule has 0 aliphatic rings. The zero-order valence-electron chi connectivity index (χ0n) is 16.1. The first kappa shape index (κ1) is 23.5. The number of primary amides is 1. The van der Waals surface area contributed by atoms with Crippen LogP contribution in [0.3, 0.4) is 0 Å². The molecule has 0 spiro atoms. The Morgan fingerprint density at radius 2 is 1.79 bits per heavy atom. The Kier molecular flexibility index (Phi) is 8.06. The highest BCUT2D eigenvalue weighted by atomic mass is 32.2. The van der Waals surface area contributed by atoms with E-state index in [1.54, 1.807) is 19.2 Å². The molecule has 3 amide bonds. The minimum absolute atomic E-state index is 0.193. The van der Waals surface area contributed by atoms with Gasteiger partial charge in [0.15, 0.2) is 6.10 Å². The largest absolute Gasteiger partial charge is 0.448 e. The average Bonchev–Trinajstić information content (AvgIpc) is 2.59. The molecule has 0 aromatic heterocycles. The smallest absolute Gasteiger partial charge is 0.341 e. The van der Waals surface area contributed by atoms with E-state index in [2.05, 4.69) is 0 Å². The molecule has 0 saturated carbocycles. The number of benzene rings is 1. The van der Waals surface area contributed by atoms with Gasteiger partial charge in [0.1, 0.15) is 5.82 Å². The Labute approximate surface area is 163 Å². The summed E-state index contributed by atoms with van der Waals surface area (Å²) in [6.07, 6.45) is -1.43. The molecule has 0 saturated heterocycles. The molecule has 1 aromatic carbocycles. The molecule has 9 nitrogen and oxygen atoms in total. The van der Waals surface area contributed by atoms with Crippen molar-refractivity contribution in [3.05, 3.63) is 29.6 Å². The van der Waals surface area contributed by atoms with Crippen LogP contribution in [0.4, 0.5) is 9.18 Å². The zero-order valence-corrected chi connectivity index (χ0v) is 16.9. The van der Waals surface area contributed by atoms with Crippen molar-refractivity contribution in [1.29, 1.82) is 0 Å². The lowest BCUT2D eigenvalue weighted by Crippen LogP contribution is -2.45. The third-order valence-corrected chi connectivity index (χ3v) is 5.89. The van der Waals surface area contributed by atoms with E-state index in [4.69, 9.17) is 10.5 Å². The fourth-order valence-electron chi connectivity index (χ4n) is 2.40. The predicted octanol–water partition coefficient (Wildman–Crippen LogP) is 1.23. The van der Waals surface area contributed by atoms with Crippen LogP contribution in [-0.4, -0.2) is 49.8 Å². The number of nitrogens with one attached hydrogen (secondary N) is 1. The number of halogens is 1. The average molecular weight is 417 g/mol. The zero-order chi connectivity index (χ0) is 21.6. The van der Waals surface area contributed by atoms with Crippen molar-refractivity contribution >= 4 is 27.9 Å². The van der Waals surface area contributed by atoms with E-state index in [0.29, 0.717) is 0 Å². The molecular formula is C17H24FN3O6S. The second-order valence-electron chi connectivity index (χ2n) is 6.15. The highest BCUT2D eigenvalue weighted by Crippen LogP contribution is 2.21. The van der Waals surface area contributed by atoms with Crippen molar-refractivity contribution in [2.24, 2.45) is 11.7 Å². The molecule has 11 heteroatoms. The van der Waals surface area contributed by atoms with Gasteiger partial charge < -0.3 is 10.5 Å². The number of sulfonamides is 1. The Bertz CT molecular complexity index is 852. The Morgan fingerprint density at radius 3 is 2.25 bits per heavy atom. The maximum Gasteiger partial charge on any atom is 0.341 e. The molecule has 1 rings (SSSR count). The predicted molar refractivity (Wildman–Crippen MR) is 98.3 cm³/mol. The molecule has 3 N–H and O–H groups in total. The van der Waals surface area contributed by atoms with E-state index in [0.717, 1.165) is 22.5 Å². The SMILES string of the molecule is CCN(CC)S(=O)(=O)c1ccc(F)c(C(=O)O[C@@H](C(=O)NC(N)=O)C(C)C)c1. The van der Waals surface area contributed by atoms with E-state index >= 15 is 0 Å². The minimum atomic E-state index is -3.93. The summed E-state index contributed by atoms with van der Waals surface area (Å²) in [6.45, 7) is 6.75. The lowest BCUT2D eigenvalue weighted by Gasteiger charge is -2.21. The lowest BCUT2D eigenvalue weighted by molar-refractivity contribution is -0.130. The first-order valence-electron chi connectivity index (χ1n) is 8.56. The normalized spacial score (nSPS) is 12.7. The number of hydrogen-bond donors (Lipinski definition) is 2. The fourth-order valence-corrected chi connectivity index (χ4v) is 3.88. The van der Waals surface area contributed by atoms with Crippen LogP contribution in [0.2, 0.25) is 0 Å². The number of hydrogen-bond acceptors (Lipinski definition) is 6. The van der Waals surface area contributed by atoms with Gasteiger partial charge in [-0.05, 0) is 24.1 Å². The van der Waals surface area contributed by atoms with Crippen LogP contribution in [-0.2, 0) is 19.6 Å². The van der Waals surface area contributed by atoms with Gasteiger partial charge in [0, 0.05) is 13.1 Å². The number of esters is 1. The second-order valence-corrected chi connectivity index (χ2v) is 8.09. The van der Waals surface area contributed by atoms with Crippen molar-refractivity contribution in [3.8, 4) is 0 Å². The number of ether oxygens (including phenoxy) is 1. The molecule has 0 heterocycles. The highest BCUT2D eigenvalue weighted by Gasteiger charge is 2.30. The van der Waals surface area contributed by atoms with Gasteiger partial charge in [0.25, 0.3) is 5.91 Å². The number of nitrogens with two attached hydrogens (primary N) is 1. The van der Waals surface area contributed by atoms with Gasteiger partial charge in [0.05, 0.1) is 10.5 Å². The molecule has 0 aliphatic heterocycles.